The molecule has 1 aliphatic rings. The first kappa shape index (κ1) is 16.0. The average Bonchev–Trinajstić information content (AvgIpc) is 2.69. The van der Waals surface area contributed by atoms with Crippen LogP contribution in [0, 0.1) is 0 Å². The van der Waals surface area contributed by atoms with Gasteiger partial charge in [0, 0.05) is 18.7 Å². The zero-order valence-corrected chi connectivity index (χ0v) is 12.7. The van der Waals surface area contributed by atoms with Gasteiger partial charge < -0.3 is 4.90 Å². The molecule has 1 amide bonds. The first-order chi connectivity index (χ1) is 9.24. The van der Waals surface area contributed by atoms with E-state index in [0.717, 1.165) is 31.4 Å². The van der Waals surface area contributed by atoms with E-state index in [1.54, 1.807) is 0 Å². The van der Waals surface area contributed by atoms with Gasteiger partial charge in [-0.2, -0.15) is 0 Å². The van der Waals surface area contributed by atoms with Gasteiger partial charge in [0.05, 0.1) is 0 Å². The summed E-state index contributed by atoms with van der Waals surface area (Å²) in [5.74, 6) is 0.266. The standard InChI is InChI=1S/C17H29NO/c1-4-7-9-11-15-14-18(13-6-3)17(19)16(15)12-10-8-5-2/h6H,3-5,7-14H2,1-2H3. The highest BCUT2D eigenvalue weighted by Crippen LogP contribution is 2.27. The largest absolute Gasteiger partial charge is 0.331 e. The maximum atomic E-state index is 12.4. The van der Waals surface area contributed by atoms with E-state index in [1.165, 1.54) is 37.7 Å². The first-order valence-electron chi connectivity index (χ1n) is 7.85. The molecule has 0 saturated heterocycles. The zero-order valence-electron chi connectivity index (χ0n) is 12.7. The van der Waals surface area contributed by atoms with Gasteiger partial charge in [-0.25, -0.2) is 0 Å². The Balaban J connectivity index is 2.63. The van der Waals surface area contributed by atoms with Gasteiger partial charge in [-0.3, -0.25) is 4.79 Å². The van der Waals surface area contributed by atoms with Crippen molar-refractivity contribution in [2.45, 2.75) is 65.2 Å². The SMILES string of the molecule is C=CCN1CC(CCCCC)=C(CCCCC)C1=O. The third-order valence-corrected chi connectivity index (χ3v) is 3.82. The summed E-state index contributed by atoms with van der Waals surface area (Å²) in [6.07, 6.45) is 11.2. The van der Waals surface area contributed by atoms with Crippen molar-refractivity contribution in [3.05, 3.63) is 23.8 Å². The molecule has 0 aliphatic carbocycles. The zero-order chi connectivity index (χ0) is 14.1. The van der Waals surface area contributed by atoms with Crippen molar-refractivity contribution in [3.63, 3.8) is 0 Å². The van der Waals surface area contributed by atoms with E-state index in [1.807, 2.05) is 11.0 Å². The number of amides is 1. The third kappa shape index (κ3) is 4.85. The molecule has 0 aromatic rings. The molecular weight excluding hydrogens is 234 g/mol. The number of hydrogen-bond acceptors (Lipinski definition) is 1. The lowest BCUT2D eigenvalue weighted by Gasteiger charge is -2.14. The van der Waals surface area contributed by atoms with Gasteiger partial charge in [0.1, 0.15) is 0 Å². The molecule has 1 heterocycles. The predicted molar refractivity (Wildman–Crippen MR) is 82.1 cm³/mol. The molecule has 0 spiro atoms. The number of unbranched alkanes of at least 4 members (excludes halogenated alkanes) is 4. The first-order valence-corrected chi connectivity index (χ1v) is 7.85. The lowest BCUT2D eigenvalue weighted by atomic mass is 9.99. The van der Waals surface area contributed by atoms with Crippen LogP contribution in [0.1, 0.15) is 65.2 Å². The van der Waals surface area contributed by atoms with Gasteiger partial charge in [0.15, 0.2) is 0 Å². The lowest BCUT2D eigenvalue weighted by molar-refractivity contribution is -0.125. The second-order valence-corrected chi connectivity index (χ2v) is 5.47. The summed E-state index contributed by atoms with van der Waals surface area (Å²) in [5.41, 5.74) is 2.52. The fourth-order valence-corrected chi connectivity index (χ4v) is 2.70. The summed E-state index contributed by atoms with van der Waals surface area (Å²) >= 11 is 0. The minimum absolute atomic E-state index is 0.266. The van der Waals surface area contributed by atoms with Gasteiger partial charge >= 0.3 is 0 Å². The van der Waals surface area contributed by atoms with Gasteiger partial charge in [-0.1, -0.05) is 45.6 Å². The topological polar surface area (TPSA) is 20.3 Å². The Labute approximate surface area is 118 Å². The molecule has 0 aromatic heterocycles. The molecule has 2 heteroatoms. The van der Waals surface area contributed by atoms with Crippen LogP contribution < -0.4 is 0 Å². The van der Waals surface area contributed by atoms with E-state index in [2.05, 4.69) is 20.4 Å². The summed E-state index contributed by atoms with van der Waals surface area (Å²) in [6, 6.07) is 0. The van der Waals surface area contributed by atoms with Crippen molar-refractivity contribution >= 4 is 5.91 Å². The Morgan fingerprint density at radius 3 is 2.32 bits per heavy atom. The molecule has 0 N–H and O–H groups in total. The molecule has 0 atom stereocenters. The Hall–Kier alpha value is -1.05. The van der Waals surface area contributed by atoms with Crippen molar-refractivity contribution in [2.24, 2.45) is 0 Å². The maximum absolute atomic E-state index is 12.4. The van der Waals surface area contributed by atoms with Gasteiger partial charge in [0.2, 0.25) is 5.91 Å². The van der Waals surface area contributed by atoms with Gasteiger partial charge in [0.25, 0.3) is 0 Å². The number of rotatable bonds is 10. The van der Waals surface area contributed by atoms with Crippen LogP contribution in [0.5, 0.6) is 0 Å². The predicted octanol–water partition coefficient (Wildman–Crippen LogP) is 4.47. The summed E-state index contributed by atoms with van der Waals surface area (Å²) in [6.45, 7) is 9.71. The minimum atomic E-state index is 0.266. The molecule has 0 radical (unpaired) electrons. The molecule has 2 nitrogen and oxygen atoms in total. The van der Waals surface area contributed by atoms with Crippen molar-refractivity contribution in [2.75, 3.05) is 13.1 Å². The van der Waals surface area contributed by atoms with E-state index in [9.17, 15) is 4.79 Å². The molecule has 0 unspecified atom stereocenters. The highest BCUT2D eigenvalue weighted by atomic mass is 16.2. The van der Waals surface area contributed by atoms with Crippen molar-refractivity contribution < 1.29 is 4.79 Å². The Bertz CT molecular complexity index is 330. The van der Waals surface area contributed by atoms with E-state index in [0.29, 0.717) is 6.54 Å². The summed E-state index contributed by atoms with van der Waals surface area (Å²) in [7, 11) is 0. The highest BCUT2D eigenvalue weighted by molar-refractivity contribution is 5.97. The smallest absolute Gasteiger partial charge is 0.250 e. The molecule has 0 saturated carbocycles. The molecule has 108 valence electrons. The fraction of sp³-hybridized carbons (Fsp3) is 0.706. The summed E-state index contributed by atoms with van der Waals surface area (Å²) in [5, 5.41) is 0. The Morgan fingerprint density at radius 2 is 1.74 bits per heavy atom. The number of carbonyl (C=O) groups excluding carboxylic acids is 1. The van der Waals surface area contributed by atoms with Crippen LogP contribution in [0.25, 0.3) is 0 Å². The summed E-state index contributed by atoms with van der Waals surface area (Å²) < 4.78 is 0. The number of nitrogens with zero attached hydrogens (tertiary/aromatic N) is 1. The fourth-order valence-electron chi connectivity index (χ4n) is 2.70. The van der Waals surface area contributed by atoms with Gasteiger partial charge in [-0.15, -0.1) is 6.58 Å². The monoisotopic (exact) mass is 263 g/mol. The van der Waals surface area contributed by atoms with Crippen LogP contribution in [0.3, 0.4) is 0 Å². The average molecular weight is 263 g/mol. The summed E-state index contributed by atoms with van der Waals surface area (Å²) in [4.78, 5) is 14.3. The van der Waals surface area contributed by atoms with Crippen LogP contribution in [-0.2, 0) is 4.79 Å². The molecule has 0 bridgehead atoms. The maximum Gasteiger partial charge on any atom is 0.250 e. The van der Waals surface area contributed by atoms with Gasteiger partial charge in [-0.05, 0) is 31.3 Å². The number of hydrogen-bond donors (Lipinski definition) is 0. The molecule has 1 aliphatic heterocycles. The van der Waals surface area contributed by atoms with E-state index in [-0.39, 0.29) is 5.91 Å². The van der Waals surface area contributed by atoms with Crippen LogP contribution in [0.15, 0.2) is 23.8 Å². The number of carbonyl (C=O) groups is 1. The van der Waals surface area contributed by atoms with E-state index >= 15 is 0 Å². The Kier molecular flexibility index (Phi) is 7.54. The quantitative estimate of drug-likeness (QED) is 0.420. The second kappa shape index (κ2) is 8.95. The normalized spacial score (nSPS) is 15.5. The van der Waals surface area contributed by atoms with Crippen LogP contribution in [-0.4, -0.2) is 23.9 Å². The lowest BCUT2D eigenvalue weighted by Crippen LogP contribution is -2.27. The Morgan fingerprint density at radius 1 is 1.11 bits per heavy atom. The molecule has 1 rings (SSSR count). The minimum Gasteiger partial charge on any atom is -0.331 e. The van der Waals surface area contributed by atoms with Crippen molar-refractivity contribution in [1.29, 1.82) is 0 Å². The second-order valence-electron chi connectivity index (χ2n) is 5.47. The highest BCUT2D eigenvalue weighted by Gasteiger charge is 2.28. The van der Waals surface area contributed by atoms with E-state index < -0.39 is 0 Å². The van der Waals surface area contributed by atoms with Crippen LogP contribution in [0.4, 0.5) is 0 Å². The van der Waals surface area contributed by atoms with E-state index in [4.69, 9.17) is 0 Å². The molecular formula is C17H29NO. The molecule has 0 fully saturated rings. The van der Waals surface area contributed by atoms with Crippen LogP contribution >= 0.6 is 0 Å². The third-order valence-electron chi connectivity index (χ3n) is 3.82. The van der Waals surface area contributed by atoms with Crippen LogP contribution in [0.2, 0.25) is 0 Å². The molecule has 19 heavy (non-hydrogen) atoms. The van der Waals surface area contributed by atoms with Crippen molar-refractivity contribution in [3.8, 4) is 0 Å². The van der Waals surface area contributed by atoms with Crippen molar-refractivity contribution in [1.82, 2.24) is 4.90 Å². The molecule has 0 aromatic carbocycles.